The summed E-state index contributed by atoms with van der Waals surface area (Å²) in [6.07, 6.45) is 1.51. The number of likely N-dealkylation sites (tertiary alicyclic amines) is 2. The minimum absolute atomic E-state index is 0.0386. The number of Topliss-reactive ketones (excluding diaryl/α,β-unsaturated/α-hetero) is 1. The third-order valence-corrected chi connectivity index (χ3v) is 8.37. The molecule has 0 spiro atoms. The maximum Gasteiger partial charge on any atom is 0.383 e. The van der Waals surface area contributed by atoms with Crippen LogP contribution in [-0.4, -0.2) is 64.4 Å². The lowest BCUT2D eigenvalue weighted by Gasteiger charge is -2.32. The summed E-state index contributed by atoms with van der Waals surface area (Å²) < 4.78 is 30.2. The monoisotopic (exact) mass is 587 g/mol. The SMILES string of the molecule is O=C([C@H]1CCCN1C(=O)CC(c1ccccc1)c1ccccc1)N1CCCC1C(=O)C(F)(F)C(=O)NCc1ccccc1. The van der Waals surface area contributed by atoms with Crippen molar-refractivity contribution >= 4 is 23.5 Å². The summed E-state index contributed by atoms with van der Waals surface area (Å²) in [7, 11) is 0. The Balaban J connectivity index is 1.27. The van der Waals surface area contributed by atoms with Gasteiger partial charge in [0.1, 0.15) is 6.04 Å². The van der Waals surface area contributed by atoms with E-state index in [-0.39, 0.29) is 37.8 Å². The number of benzene rings is 3. The van der Waals surface area contributed by atoms with Crippen molar-refractivity contribution in [3.8, 4) is 0 Å². The largest absolute Gasteiger partial charge is 0.383 e. The second-order valence-corrected chi connectivity index (χ2v) is 11.1. The minimum atomic E-state index is -4.30. The summed E-state index contributed by atoms with van der Waals surface area (Å²) in [5.41, 5.74) is 2.56. The van der Waals surface area contributed by atoms with Gasteiger partial charge in [-0.2, -0.15) is 8.78 Å². The quantitative estimate of drug-likeness (QED) is 0.348. The Labute approximate surface area is 249 Å². The Morgan fingerprint density at radius 1 is 0.744 bits per heavy atom. The van der Waals surface area contributed by atoms with Crippen molar-refractivity contribution in [2.75, 3.05) is 13.1 Å². The topological polar surface area (TPSA) is 86.8 Å². The van der Waals surface area contributed by atoms with Gasteiger partial charge in [0, 0.05) is 32.0 Å². The molecule has 0 aromatic heterocycles. The molecule has 1 unspecified atom stereocenters. The van der Waals surface area contributed by atoms with Crippen LogP contribution in [0.3, 0.4) is 0 Å². The maximum absolute atomic E-state index is 15.1. The van der Waals surface area contributed by atoms with Gasteiger partial charge in [-0.1, -0.05) is 91.0 Å². The first kappa shape index (κ1) is 30.1. The van der Waals surface area contributed by atoms with Crippen molar-refractivity contribution in [2.24, 2.45) is 0 Å². The van der Waals surface area contributed by atoms with Crippen LogP contribution in [0.5, 0.6) is 0 Å². The van der Waals surface area contributed by atoms with E-state index in [0.717, 1.165) is 16.0 Å². The molecule has 2 aliphatic heterocycles. The van der Waals surface area contributed by atoms with E-state index in [0.29, 0.717) is 31.4 Å². The normalized spacial score (nSPS) is 18.6. The number of nitrogens with one attached hydrogen (secondary N) is 1. The molecule has 3 aromatic carbocycles. The number of carbonyl (C=O) groups excluding carboxylic acids is 4. The minimum Gasteiger partial charge on any atom is -0.346 e. The number of ketones is 1. The fraction of sp³-hybridized carbons (Fsp3) is 0.353. The van der Waals surface area contributed by atoms with Crippen LogP contribution in [0.25, 0.3) is 0 Å². The second-order valence-electron chi connectivity index (χ2n) is 11.1. The molecule has 2 fully saturated rings. The molecule has 0 saturated carbocycles. The van der Waals surface area contributed by atoms with Crippen molar-refractivity contribution in [3.63, 3.8) is 0 Å². The third kappa shape index (κ3) is 6.66. The molecule has 0 aliphatic carbocycles. The Hall–Kier alpha value is -4.40. The number of amides is 3. The van der Waals surface area contributed by atoms with Crippen LogP contribution >= 0.6 is 0 Å². The van der Waals surface area contributed by atoms with Gasteiger partial charge >= 0.3 is 5.92 Å². The molecule has 7 nitrogen and oxygen atoms in total. The molecule has 3 aromatic rings. The van der Waals surface area contributed by atoms with Gasteiger partial charge in [0.2, 0.25) is 17.6 Å². The summed E-state index contributed by atoms with van der Waals surface area (Å²) in [6, 6.07) is 25.6. The Morgan fingerprint density at radius 2 is 1.26 bits per heavy atom. The standard InChI is InChI=1S/C34H35F2N3O4/c35-34(36,33(43)37-23-24-12-4-1-5-13-24)31(41)28-18-10-21-39(28)32(42)29-19-11-20-38(29)30(40)22-27(25-14-6-2-7-15-25)26-16-8-3-9-17-26/h1-9,12-17,27-29H,10-11,18-23H2,(H,37,43)/t28?,29-/m1/s1. The van der Waals surface area contributed by atoms with Crippen LogP contribution in [0.4, 0.5) is 8.78 Å². The van der Waals surface area contributed by atoms with Gasteiger partial charge in [-0.05, 0) is 42.4 Å². The Bertz CT molecular complexity index is 1400. The predicted octanol–water partition coefficient (Wildman–Crippen LogP) is 4.71. The highest BCUT2D eigenvalue weighted by molar-refractivity contribution is 6.10. The molecule has 5 rings (SSSR count). The molecule has 9 heteroatoms. The van der Waals surface area contributed by atoms with Gasteiger partial charge in [-0.15, -0.1) is 0 Å². The van der Waals surface area contributed by atoms with E-state index in [1.165, 1.54) is 4.90 Å². The highest BCUT2D eigenvalue weighted by Crippen LogP contribution is 2.33. The molecule has 1 N–H and O–H groups in total. The average Bonchev–Trinajstić information content (AvgIpc) is 3.74. The summed E-state index contributed by atoms with van der Waals surface area (Å²) in [5, 5.41) is 2.14. The zero-order valence-electron chi connectivity index (χ0n) is 23.8. The lowest BCUT2D eigenvalue weighted by atomic mass is 9.88. The summed E-state index contributed by atoms with van der Waals surface area (Å²) in [6.45, 7) is 0.337. The van der Waals surface area contributed by atoms with Crippen molar-refractivity contribution < 1.29 is 28.0 Å². The second kappa shape index (κ2) is 13.3. The zero-order chi connectivity index (χ0) is 30.4. The average molecular weight is 588 g/mol. The van der Waals surface area contributed by atoms with E-state index < -0.39 is 35.6 Å². The van der Waals surface area contributed by atoms with Crippen LogP contribution in [0.2, 0.25) is 0 Å². The van der Waals surface area contributed by atoms with Gasteiger partial charge in [0.05, 0.1) is 6.04 Å². The number of alkyl halides is 2. The number of carbonyl (C=O) groups is 4. The van der Waals surface area contributed by atoms with E-state index in [1.54, 1.807) is 30.3 Å². The van der Waals surface area contributed by atoms with E-state index in [1.807, 2.05) is 60.7 Å². The molecule has 43 heavy (non-hydrogen) atoms. The van der Waals surface area contributed by atoms with Gasteiger partial charge in [0.15, 0.2) is 0 Å². The van der Waals surface area contributed by atoms with Gasteiger partial charge in [-0.3, -0.25) is 19.2 Å². The molecule has 0 radical (unpaired) electrons. The molecule has 2 saturated heterocycles. The lowest BCUT2D eigenvalue weighted by molar-refractivity contribution is -0.163. The van der Waals surface area contributed by atoms with Crippen molar-refractivity contribution in [3.05, 3.63) is 108 Å². The summed E-state index contributed by atoms with van der Waals surface area (Å²) in [4.78, 5) is 55.6. The first-order chi connectivity index (χ1) is 20.8. The van der Waals surface area contributed by atoms with Crippen molar-refractivity contribution in [2.45, 2.75) is 62.6 Å². The van der Waals surface area contributed by atoms with Crippen LogP contribution in [0.1, 0.15) is 54.7 Å². The Kier molecular flexibility index (Phi) is 9.28. The molecule has 3 amide bonds. The number of halogens is 2. The first-order valence-electron chi connectivity index (χ1n) is 14.7. The van der Waals surface area contributed by atoms with Crippen LogP contribution in [0, 0.1) is 0 Å². The first-order valence-corrected chi connectivity index (χ1v) is 14.7. The molecule has 0 bridgehead atoms. The zero-order valence-corrected chi connectivity index (χ0v) is 23.8. The molecule has 2 heterocycles. The number of hydrogen-bond acceptors (Lipinski definition) is 4. The number of nitrogens with zero attached hydrogens (tertiary/aromatic N) is 2. The molecule has 2 atom stereocenters. The van der Waals surface area contributed by atoms with Gasteiger partial charge in [-0.25, -0.2) is 0 Å². The smallest absolute Gasteiger partial charge is 0.346 e. The fourth-order valence-corrected chi connectivity index (χ4v) is 6.12. The Morgan fingerprint density at radius 3 is 1.84 bits per heavy atom. The maximum atomic E-state index is 15.1. The van der Waals surface area contributed by atoms with Crippen LogP contribution < -0.4 is 5.32 Å². The molecule has 2 aliphatic rings. The summed E-state index contributed by atoms with van der Waals surface area (Å²) in [5.74, 6) is -8.52. The highest BCUT2D eigenvalue weighted by Gasteiger charge is 2.54. The van der Waals surface area contributed by atoms with Crippen molar-refractivity contribution in [1.29, 1.82) is 0 Å². The van der Waals surface area contributed by atoms with Crippen LogP contribution in [0.15, 0.2) is 91.0 Å². The third-order valence-electron chi connectivity index (χ3n) is 8.37. The lowest BCUT2D eigenvalue weighted by Crippen LogP contribution is -2.56. The molecule has 224 valence electrons. The van der Waals surface area contributed by atoms with Gasteiger partial charge in [0.25, 0.3) is 5.91 Å². The fourth-order valence-electron chi connectivity index (χ4n) is 6.12. The van der Waals surface area contributed by atoms with E-state index in [9.17, 15) is 19.2 Å². The summed E-state index contributed by atoms with van der Waals surface area (Å²) >= 11 is 0. The molecular formula is C34H35F2N3O4. The van der Waals surface area contributed by atoms with E-state index in [2.05, 4.69) is 5.32 Å². The number of rotatable bonds is 10. The van der Waals surface area contributed by atoms with Crippen molar-refractivity contribution in [1.82, 2.24) is 15.1 Å². The van der Waals surface area contributed by atoms with Gasteiger partial charge < -0.3 is 15.1 Å². The van der Waals surface area contributed by atoms with E-state index >= 15 is 8.78 Å². The van der Waals surface area contributed by atoms with E-state index in [4.69, 9.17) is 0 Å². The van der Waals surface area contributed by atoms with Crippen LogP contribution in [-0.2, 0) is 25.7 Å². The molecular weight excluding hydrogens is 552 g/mol. The highest BCUT2D eigenvalue weighted by atomic mass is 19.3. The predicted molar refractivity (Wildman–Crippen MR) is 157 cm³/mol. The number of hydrogen-bond donors (Lipinski definition) is 1.